The van der Waals surface area contributed by atoms with E-state index < -0.39 is 0 Å². The van der Waals surface area contributed by atoms with Crippen LogP contribution in [-0.4, -0.2) is 5.78 Å². The molecule has 0 aromatic heterocycles. The average Bonchev–Trinajstić information content (AvgIpc) is 1.53. The van der Waals surface area contributed by atoms with Crippen molar-refractivity contribution in [2.24, 2.45) is 5.41 Å². The van der Waals surface area contributed by atoms with Gasteiger partial charge in [0.1, 0.15) is 0 Å². The van der Waals surface area contributed by atoms with Crippen LogP contribution in [0.1, 0.15) is 48.5 Å². The zero-order valence-corrected chi connectivity index (χ0v) is 8.19. The van der Waals surface area contributed by atoms with Crippen LogP contribution < -0.4 is 0 Å². The van der Waals surface area contributed by atoms with Crippen molar-refractivity contribution in [2.45, 2.75) is 48.5 Å². The summed E-state index contributed by atoms with van der Waals surface area (Å²) in [7, 11) is 0. The fourth-order valence-corrected chi connectivity index (χ4v) is 0.896. The van der Waals surface area contributed by atoms with Crippen LogP contribution in [0.15, 0.2) is 11.6 Å². The molecule has 0 heterocycles. The first-order valence-electron chi connectivity index (χ1n) is 3.99. The summed E-state index contributed by atoms with van der Waals surface area (Å²) in [6, 6.07) is 0. The highest BCUT2D eigenvalue weighted by molar-refractivity contribution is 5.90. The number of ketones is 1. The van der Waals surface area contributed by atoms with Gasteiger partial charge in [-0.3, -0.25) is 4.79 Å². The summed E-state index contributed by atoms with van der Waals surface area (Å²) in [6.45, 7) is 10.1. The Morgan fingerprint density at radius 3 is 1.92 bits per heavy atom. The van der Waals surface area contributed by atoms with E-state index in [1.807, 2.05) is 13.8 Å². The smallest absolute Gasteiger partial charge is 0.156 e. The molecule has 0 fully saturated rings. The number of carbonyl (C=O) groups excluding carboxylic acids is 1. The lowest BCUT2D eigenvalue weighted by atomic mass is 9.89. The minimum Gasteiger partial charge on any atom is -0.295 e. The predicted molar refractivity (Wildman–Crippen MR) is 55.2 cm³/mol. The Morgan fingerprint density at radius 2 is 1.67 bits per heavy atom. The fourth-order valence-electron chi connectivity index (χ4n) is 0.896. The van der Waals surface area contributed by atoms with Gasteiger partial charge in [0.05, 0.1) is 0 Å². The zero-order valence-electron chi connectivity index (χ0n) is 8.19. The molecule has 0 rings (SSSR count). The molecule has 1 heteroatoms. The van der Waals surface area contributed by atoms with E-state index in [1.165, 1.54) is 0 Å². The summed E-state index contributed by atoms with van der Waals surface area (Å²) in [5.41, 5.74) is 1.20. The summed E-state index contributed by atoms with van der Waals surface area (Å²) >= 11 is 0. The van der Waals surface area contributed by atoms with E-state index in [9.17, 15) is 4.79 Å². The molecular formula is C11H22O. The maximum absolute atomic E-state index is 11.2. The average molecular weight is 170 g/mol. The Hall–Kier alpha value is -0.590. The molecule has 12 heavy (non-hydrogen) atoms. The highest BCUT2D eigenvalue weighted by Crippen LogP contribution is 2.19. The van der Waals surface area contributed by atoms with Crippen LogP contribution in [-0.2, 0) is 4.79 Å². The van der Waals surface area contributed by atoms with Crippen LogP contribution in [0, 0.1) is 5.41 Å². The molecule has 0 radical (unpaired) electrons. The van der Waals surface area contributed by atoms with Gasteiger partial charge >= 0.3 is 0 Å². The SMILES string of the molecule is C.CC(C)=CC(=O)CC(C)(C)C. The van der Waals surface area contributed by atoms with Gasteiger partial charge in [-0.2, -0.15) is 0 Å². The van der Waals surface area contributed by atoms with E-state index in [4.69, 9.17) is 0 Å². The lowest BCUT2D eigenvalue weighted by molar-refractivity contribution is -0.116. The van der Waals surface area contributed by atoms with Gasteiger partial charge in [-0.1, -0.05) is 33.8 Å². The first-order chi connectivity index (χ1) is 4.81. The third-order valence-corrected chi connectivity index (χ3v) is 1.15. The Labute approximate surface area is 76.9 Å². The third kappa shape index (κ3) is 9.41. The van der Waals surface area contributed by atoms with E-state index in [0.717, 1.165) is 5.57 Å². The number of rotatable bonds is 2. The molecule has 0 saturated carbocycles. The Kier molecular flexibility index (Phi) is 5.96. The first kappa shape index (κ1) is 14.0. The molecule has 0 aliphatic carbocycles. The van der Waals surface area contributed by atoms with Gasteiger partial charge in [0.25, 0.3) is 0 Å². The molecule has 0 aliphatic heterocycles. The van der Waals surface area contributed by atoms with E-state index in [2.05, 4.69) is 20.8 Å². The van der Waals surface area contributed by atoms with Gasteiger partial charge in [0, 0.05) is 6.42 Å². The Balaban J connectivity index is 0. The summed E-state index contributed by atoms with van der Waals surface area (Å²) in [5, 5.41) is 0. The molecule has 0 atom stereocenters. The van der Waals surface area contributed by atoms with Gasteiger partial charge in [0.2, 0.25) is 0 Å². The van der Waals surface area contributed by atoms with Crippen molar-refractivity contribution in [3.63, 3.8) is 0 Å². The van der Waals surface area contributed by atoms with Crippen LogP contribution in [0.2, 0.25) is 0 Å². The molecule has 0 aliphatic rings. The van der Waals surface area contributed by atoms with Crippen molar-refractivity contribution in [1.82, 2.24) is 0 Å². The lowest BCUT2D eigenvalue weighted by Gasteiger charge is -2.15. The van der Waals surface area contributed by atoms with E-state index in [1.54, 1.807) is 6.08 Å². The highest BCUT2D eigenvalue weighted by atomic mass is 16.1. The van der Waals surface area contributed by atoms with Gasteiger partial charge in [-0.15, -0.1) is 0 Å². The number of allylic oxidation sites excluding steroid dienone is 2. The van der Waals surface area contributed by atoms with E-state index >= 15 is 0 Å². The molecule has 72 valence electrons. The van der Waals surface area contributed by atoms with E-state index in [-0.39, 0.29) is 18.6 Å². The standard InChI is InChI=1S/C10H18O.CH4/c1-8(2)6-9(11)7-10(3,4)5;/h6H,7H2,1-5H3;1H4. The van der Waals surface area contributed by atoms with Crippen molar-refractivity contribution in [3.05, 3.63) is 11.6 Å². The minimum absolute atomic E-state index is 0. The fraction of sp³-hybridized carbons (Fsp3) is 0.727. The normalized spacial score (nSPS) is 10.1. The molecule has 1 nitrogen and oxygen atoms in total. The summed E-state index contributed by atoms with van der Waals surface area (Å²) in [5.74, 6) is 0.234. The first-order valence-corrected chi connectivity index (χ1v) is 3.99. The Bertz CT molecular complexity index is 166. The molecule has 0 N–H and O–H groups in total. The lowest BCUT2D eigenvalue weighted by Crippen LogP contribution is -2.10. The molecule has 0 bridgehead atoms. The molecular weight excluding hydrogens is 148 g/mol. The van der Waals surface area contributed by atoms with Crippen LogP contribution in [0.5, 0.6) is 0 Å². The van der Waals surface area contributed by atoms with Crippen molar-refractivity contribution in [2.75, 3.05) is 0 Å². The van der Waals surface area contributed by atoms with E-state index in [0.29, 0.717) is 6.42 Å². The molecule has 0 aromatic rings. The topological polar surface area (TPSA) is 17.1 Å². The minimum atomic E-state index is 0. The third-order valence-electron chi connectivity index (χ3n) is 1.15. The number of hydrogen-bond donors (Lipinski definition) is 0. The van der Waals surface area contributed by atoms with Crippen LogP contribution in [0.4, 0.5) is 0 Å². The summed E-state index contributed by atoms with van der Waals surface area (Å²) < 4.78 is 0. The van der Waals surface area contributed by atoms with Gasteiger partial charge in [0.15, 0.2) is 5.78 Å². The molecule has 0 spiro atoms. The highest BCUT2D eigenvalue weighted by Gasteiger charge is 2.13. The quantitative estimate of drug-likeness (QED) is 0.579. The van der Waals surface area contributed by atoms with Gasteiger partial charge in [-0.05, 0) is 25.3 Å². The zero-order chi connectivity index (χ0) is 9.07. The van der Waals surface area contributed by atoms with Crippen LogP contribution in [0.25, 0.3) is 0 Å². The summed E-state index contributed by atoms with van der Waals surface area (Å²) in [4.78, 5) is 11.2. The number of carbonyl (C=O) groups is 1. The molecule has 0 unspecified atom stereocenters. The number of hydrogen-bond acceptors (Lipinski definition) is 1. The Morgan fingerprint density at radius 1 is 1.25 bits per heavy atom. The van der Waals surface area contributed by atoms with Crippen molar-refractivity contribution >= 4 is 5.78 Å². The molecule has 0 amide bonds. The van der Waals surface area contributed by atoms with Crippen LogP contribution in [0.3, 0.4) is 0 Å². The second-order valence-corrected chi connectivity index (χ2v) is 4.43. The van der Waals surface area contributed by atoms with Crippen molar-refractivity contribution in [1.29, 1.82) is 0 Å². The largest absolute Gasteiger partial charge is 0.295 e. The summed E-state index contributed by atoms with van der Waals surface area (Å²) in [6.07, 6.45) is 2.35. The predicted octanol–water partition coefficient (Wildman–Crippen LogP) is 3.59. The van der Waals surface area contributed by atoms with Gasteiger partial charge < -0.3 is 0 Å². The van der Waals surface area contributed by atoms with Crippen LogP contribution >= 0.6 is 0 Å². The maximum Gasteiger partial charge on any atom is 0.156 e. The molecule has 0 aromatic carbocycles. The maximum atomic E-state index is 11.2. The molecule has 0 saturated heterocycles. The van der Waals surface area contributed by atoms with Crippen molar-refractivity contribution in [3.8, 4) is 0 Å². The van der Waals surface area contributed by atoms with Crippen molar-refractivity contribution < 1.29 is 4.79 Å². The second-order valence-electron chi connectivity index (χ2n) is 4.43. The second kappa shape index (κ2) is 5.13. The van der Waals surface area contributed by atoms with Gasteiger partial charge in [-0.25, -0.2) is 0 Å². The monoisotopic (exact) mass is 170 g/mol.